The van der Waals surface area contributed by atoms with Gasteiger partial charge in [0, 0.05) is 33.5 Å². The zero-order valence-corrected chi connectivity index (χ0v) is 32.8. The monoisotopic (exact) mass is 762 g/mol. The fourth-order valence-corrected chi connectivity index (χ4v) is 9.54. The average molecular weight is 763 g/mol. The Morgan fingerprint density at radius 2 is 0.750 bits per heavy atom. The molecule has 12 rings (SSSR count). The van der Waals surface area contributed by atoms with Crippen LogP contribution in [0.4, 0.5) is 17.1 Å². The molecule has 0 aliphatic carbocycles. The Morgan fingerprint density at radius 1 is 0.283 bits per heavy atom. The van der Waals surface area contributed by atoms with Gasteiger partial charge in [-0.2, -0.15) is 0 Å². The third-order valence-corrected chi connectivity index (χ3v) is 12.3. The summed E-state index contributed by atoms with van der Waals surface area (Å²) in [5, 5.41) is 10.3. The Bertz CT molecular complexity index is 3400. The van der Waals surface area contributed by atoms with E-state index in [1.165, 1.54) is 93.2 Å². The van der Waals surface area contributed by atoms with Crippen LogP contribution in [0.5, 0.6) is 0 Å². The molecule has 0 amide bonds. The summed E-state index contributed by atoms with van der Waals surface area (Å²) in [5.41, 5.74) is 14.2. The highest BCUT2D eigenvalue weighted by atomic mass is 15.1. The standard InChI is InChI=1S/C58H38N2/c1-4-12-39(13-5-1)41-20-29-47(30-21-41)59(48-31-22-42(23-32-48)40-14-6-2-7-15-40)49-33-24-43(25-34-49)50-35-26-44-27-37-53-57-45(28-36-51(50)56(44)57)38-55-58(53)52-18-10-11-19-54(52)60(55)46-16-8-3-9-17-46/h1-38H. The molecule has 0 aliphatic heterocycles. The third kappa shape index (κ3) is 5.50. The first kappa shape index (κ1) is 34.1. The van der Waals surface area contributed by atoms with Gasteiger partial charge in [0.1, 0.15) is 0 Å². The van der Waals surface area contributed by atoms with Gasteiger partial charge >= 0.3 is 0 Å². The van der Waals surface area contributed by atoms with Crippen molar-refractivity contribution in [2.75, 3.05) is 4.90 Å². The van der Waals surface area contributed by atoms with E-state index in [-0.39, 0.29) is 0 Å². The van der Waals surface area contributed by atoms with E-state index in [9.17, 15) is 0 Å². The minimum Gasteiger partial charge on any atom is -0.311 e. The molecule has 0 saturated carbocycles. The van der Waals surface area contributed by atoms with Crippen molar-refractivity contribution in [1.29, 1.82) is 0 Å². The van der Waals surface area contributed by atoms with Crippen molar-refractivity contribution in [3.05, 3.63) is 231 Å². The topological polar surface area (TPSA) is 8.17 Å². The molecule has 1 aromatic heterocycles. The Labute approximate surface area is 348 Å². The number of hydrogen-bond acceptors (Lipinski definition) is 1. The number of aromatic nitrogens is 1. The van der Waals surface area contributed by atoms with Crippen LogP contribution in [0, 0.1) is 0 Å². The van der Waals surface area contributed by atoms with E-state index in [1.54, 1.807) is 0 Å². The lowest BCUT2D eigenvalue weighted by Gasteiger charge is -2.26. The first-order valence-electron chi connectivity index (χ1n) is 20.7. The molecule has 0 aliphatic rings. The fourth-order valence-electron chi connectivity index (χ4n) is 9.54. The lowest BCUT2D eigenvalue weighted by molar-refractivity contribution is 1.18. The number of fused-ring (bicyclic) bond motifs is 4. The second-order valence-electron chi connectivity index (χ2n) is 15.7. The van der Waals surface area contributed by atoms with E-state index < -0.39 is 0 Å². The maximum atomic E-state index is 2.42. The highest BCUT2D eigenvalue weighted by Crippen LogP contribution is 2.45. The summed E-state index contributed by atoms with van der Waals surface area (Å²) in [6.07, 6.45) is 0. The molecule has 0 radical (unpaired) electrons. The second-order valence-corrected chi connectivity index (χ2v) is 15.7. The Morgan fingerprint density at radius 3 is 1.37 bits per heavy atom. The molecular weight excluding hydrogens is 725 g/mol. The predicted molar refractivity (Wildman–Crippen MR) is 255 cm³/mol. The SMILES string of the molecule is c1ccc(-c2ccc(N(c3ccc(-c4ccccc4)cc3)c3ccc(-c4ccc5ccc6c7c(ccc4c57)cc4c6c5ccccc5n4-c4ccccc4)cc3)cc2)cc1. The van der Waals surface area contributed by atoms with Gasteiger partial charge in [-0.1, -0.05) is 170 Å². The van der Waals surface area contributed by atoms with E-state index in [0.717, 1.165) is 17.1 Å². The van der Waals surface area contributed by atoms with Crippen LogP contribution in [0.25, 0.3) is 93.2 Å². The van der Waals surface area contributed by atoms with Crippen molar-refractivity contribution in [2.45, 2.75) is 0 Å². The summed E-state index contributed by atoms with van der Waals surface area (Å²) in [5.74, 6) is 0. The molecule has 0 atom stereocenters. The molecule has 0 unspecified atom stereocenters. The summed E-state index contributed by atoms with van der Waals surface area (Å²) < 4.78 is 2.42. The Hall–Kier alpha value is -7.94. The minimum absolute atomic E-state index is 1.11. The number of benzene rings is 11. The van der Waals surface area contributed by atoms with Crippen LogP contribution in [-0.4, -0.2) is 4.57 Å². The zero-order valence-electron chi connectivity index (χ0n) is 32.8. The van der Waals surface area contributed by atoms with Crippen molar-refractivity contribution < 1.29 is 0 Å². The van der Waals surface area contributed by atoms with Gasteiger partial charge in [0.25, 0.3) is 0 Å². The summed E-state index contributed by atoms with van der Waals surface area (Å²) in [6.45, 7) is 0. The van der Waals surface area contributed by atoms with E-state index in [1.807, 2.05) is 0 Å². The maximum absolute atomic E-state index is 2.42. The Balaban J connectivity index is 0.981. The number of hydrogen-bond donors (Lipinski definition) is 0. The third-order valence-electron chi connectivity index (χ3n) is 12.3. The summed E-state index contributed by atoms with van der Waals surface area (Å²) in [6, 6.07) is 84.0. The first-order chi connectivity index (χ1) is 29.8. The summed E-state index contributed by atoms with van der Waals surface area (Å²) in [4.78, 5) is 2.36. The molecule has 280 valence electrons. The lowest BCUT2D eigenvalue weighted by Crippen LogP contribution is -2.09. The molecule has 2 nitrogen and oxygen atoms in total. The van der Waals surface area contributed by atoms with Gasteiger partial charge in [-0.3, -0.25) is 0 Å². The number of nitrogens with zero attached hydrogens (tertiary/aromatic N) is 2. The molecule has 1 heterocycles. The molecule has 0 spiro atoms. The van der Waals surface area contributed by atoms with Crippen LogP contribution < -0.4 is 4.90 Å². The minimum atomic E-state index is 1.11. The number of anilines is 3. The van der Waals surface area contributed by atoms with Crippen LogP contribution in [0.1, 0.15) is 0 Å². The molecule has 0 saturated heterocycles. The summed E-state index contributed by atoms with van der Waals surface area (Å²) >= 11 is 0. The Kier molecular flexibility index (Phi) is 7.89. The maximum Gasteiger partial charge on any atom is 0.0553 e. The van der Waals surface area contributed by atoms with Crippen molar-refractivity contribution in [3.63, 3.8) is 0 Å². The van der Waals surface area contributed by atoms with Gasteiger partial charge in [-0.15, -0.1) is 0 Å². The molecule has 12 aromatic rings. The normalized spacial score (nSPS) is 11.7. The quantitative estimate of drug-likeness (QED) is 0.147. The van der Waals surface area contributed by atoms with Gasteiger partial charge in [0.15, 0.2) is 0 Å². The highest BCUT2D eigenvalue weighted by Gasteiger charge is 2.20. The van der Waals surface area contributed by atoms with Crippen LogP contribution in [0.15, 0.2) is 231 Å². The molecule has 0 N–H and O–H groups in total. The van der Waals surface area contributed by atoms with Crippen LogP contribution in [-0.2, 0) is 0 Å². The van der Waals surface area contributed by atoms with Gasteiger partial charge in [0.2, 0.25) is 0 Å². The number of rotatable bonds is 7. The lowest BCUT2D eigenvalue weighted by atomic mass is 9.88. The van der Waals surface area contributed by atoms with Gasteiger partial charge in [0.05, 0.1) is 11.0 Å². The van der Waals surface area contributed by atoms with Crippen LogP contribution in [0.2, 0.25) is 0 Å². The fraction of sp³-hybridized carbons (Fsp3) is 0. The smallest absolute Gasteiger partial charge is 0.0553 e. The molecule has 60 heavy (non-hydrogen) atoms. The van der Waals surface area contributed by atoms with Crippen LogP contribution >= 0.6 is 0 Å². The first-order valence-corrected chi connectivity index (χ1v) is 20.7. The van der Waals surface area contributed by atoms with Gasteiger partial charge in [-0.05, 0) is 126 Å². The molecule has 0 bridgehead atoms. The molecule has 11 aromatic carbocycles. The molecule has 0 fully saturated rings. The van der Waals surface area contributed by atoms with E-state index in [4.69, 9.17) is 0 Å². The predicted octanol–water partition coefficient (Wildman–Crippen LogP) is 16.2. The van der Waals surface area contributed by atoms with Crippen LogP contribution in [0.3, 0.4) is 0 Å². The zero-order chi connectivity index (χ0) is 39.6. The van der Waals surface area contributed by atoms with E-state index >= 15 is 0 Å². The van der Waals surface area contributed by atoms with Crippen molar-refractivity contribution in [3.8, 4) is 39.1 Å². The molecule has 2 heteroatoms. The largest absolute Gasteiger partial charge is 0.311 e. The average Bonchev–Trinajstić information content (AvgIpc) is 3.66. The second kappa shape index (κ2) is 13.9. The number of para-hydroxylation sites is 2. The van der Waals surface area contributed by atoms with Crippen molar-refractivity contribution in [1.82, 2.24) is 4.57 Å². The van der Waals surface area contributed by atoms with Gasteiger partial charge < -0.3 is 9.47 Å². The van der Waals surface area contributed by atoms with Crippen molar-refractivity contribution >= 4 is 71.2 Å². The molecular formula is C58H38N2. The van der Waals surface area contributed by atoms with Gasteiger partial charge in [-0.25, -0.2) is 0 Å². The summed E-state index contributed by atoms with van der Waals surface area (Å²) in [7, 11) is 0. The van der Waals surface area contributed by atoms with E-state index in [2.05, 4.69) is 240 Å². The van der Waals surface area contributed by atoms with Crippen molar-refractivity contribution in [2.24, 2.45) is 0 Å². The highest BCUT2D eigenvalue weighted by molar-refractivity contribution is 6.34. The van der Waals surface area contributed by atoms with E-state index in [0.29, 0.717) is 0 Å².